The molecule has 4 aliphatic carbocycles. The van der Waals surface area contributed by atoms with Crippen LogP contribution in [0.2, 0.25) is 0 Å². The van der Waals surface area contributed by atoms with Crippen LogP contribution in [0.1, 0.15) is 143 Å². The molecule has 0 unspecified atom stereocenters. The van der Waals surface area contributed by atoms with E-state index in [2.05, 4.69) is 33.0 Å². The Kier molecular flexibility index (Phi) is 8.15. The first-order valence-electron chi connectivity index (χ1n) is 14.6. The molecule has 0 heterocycles. The summed E-state index contributed by atoms with van der Waals surface area (Å²) in [6.07, 6.45) is 26.6. The third kappa shape index (κ3) is 5.73. The Labute approximate surface area is 195 Å². The van der Waals surface area contributed by atoms with Crippen LogP contribution in [0.4, 0.5) is 0 Å². The highest BCUT2D eigenvalue weighted by atomic mass is 15.0. The first-order valence-corrected chi connectivity index (χ1v) is 14.6. The lowest BCUT2D eigenvalue weighted by Crippen LogP contribution is -2.46. The first-order chi connectivity index (χ1) is 14.9. The van der Waals surface area contributed by atoms with Crippen molar-refractivity contribution < 1.29 is 0 Å². The Morgan fingerprint density at radius 3 is 1.00 bits per heavy atom. The van der Waals surface area contributed by atoms with Gasteiger partial charge in [0.2, 0.25) is 0 Å². The van der Waals surface area contributed by atoms with Gasteiger partial charge in [-0.1, -0.05) is 66.2 Å². The van der Waals surface area contributed by atoms with Gasteiger partial charge in [0.15, 0.2) is 0 Å². The monoisotopic (exact) mass is 429 g/mol. The topological polar surface area (TPSA) is 12.0 Å². The summed E-state index contributed by atoms with van der Waals surface area (Å²) < 4.78 is 0. The zero-order valence-corrected chi connectivity index (χ0v) is 21.7. The van der Waals surface area contributed by atoms with Gasteiger partial charge in [0, 0.05) is 12.1 Å². The molecule has 31 heavy (non-hydrogen) atoms. The van der Waals surface area contributed by atoms with Crippen LogP contribution in [0, 0.1) is 34.5 Å². The smallest absolute Gasteiger partial charge is 0.00698 e. The minimum absolute atomic E-state index is 0.578. The number of nitrogens with one attached hydrogen (secondary N) is 1. The summed E-state index contributed by atoms with van der Waals surface area (Å²) in [5, 5.41) is 4.16. The molecule has 0 amide bonds. The molecule has 0 aromatic carbocycles. The van der Waals surface area contributed by atoms with Gasteiger partial charge in [0.1, 0.15) is 0 Å². The van der Waals surface area contributed by atoms with E-state index in [9.17, 15) is 0 Å². The van der Waals surface area contributed by atoms with E-state index in [0.29, 0.717) is 10.8 Å². The van der Waals surface area contributed by atoms with Crippen molar-refractivity contribution in [3.63, 3.8) is 0 Å². The second kappa shape index (κ2) is 10.5. The van der Waals surface area contributed by atoms with Crippen molar-refractivity contribution >= 4 is 0 Å². The Balaban J connectivity index is 1.19. The summed E-state index contributed by atoms with van der Waals surface area (Å²) in [4.78, 5) is 0. The predicted molar refractivity (Wildman–Crippen MR) is 135 cm³/mol. The van der Waals surface area contributed by atoms with E-state index >= 15 is 0 Å². The normalized spacial score (nSPS) is 35.2. The molecular formula is C30H55N. The fourth-order valence-corrected chi connectivity index (χ4v) is 8.70. The Morgan fingerprint density at radius 2 is 0.677 bits per heavy atom. The summed E-state index contributed by atoms with van der Waals surface area (Å²) in [7, 11) is 0. The SMILES string of the molecule is CC(C)(C1CCCCC1)C1CCC(NC2CCC(C(C)(C)C3CCCCC3)CC2)CC1. The van der Waals surface area contributed by atoms with Gasteiger partial charge in [-0.25, -0.2) is 0 Å². The minimum atomic E-state index is 0.578. The van der Waals surface area contributed by atoms with Gasteiger partial charge in [0.05, 0.1) is 0 Å². The molecule has 0 atom stereocenters. The summed E-state index contributed by atoms with van der Waals surface area (Å²) in [6, 6.07) is 1.62. The molecule has 4 saturated carbocycles. The fraction of sp³-hybridized carbons (Fsp3) is 1.00. The first kappa shape index (κ1) is 24.1. The molecule has 0 aromatic rings. The fourth-order valence-electron chi connectivity index (χ4n) is 8.70. The van der Waals surface area contributed by atoms with Crippen molar-refractivity contribution in [3.05, 3.63) is 0 Å². The lowest BCUT2D eigenvalue weighted by Gasteiger charge is -2.47. The van der Waals surface area contributed by atoms with E-state index in [1.54, 1.807) is 0 Å². The van der Waals surface area contributed by atoms with E-state index in [0.717, 1.165) is 35.8 Å². The van der Waals surface area contributed by atoms with Crippen LogP contribution in [-0.4, -0.2) is 12.1 Å². The number of hydrogen-bond acceptors (Lipinski definition) is 1. The molecule has 4 aliphatic rings. The van der Waals surface area contributed by atoms with Gasteiger partial charge in [-0.15, -0.1) is 0 Å². The molecule has 0 aliphatic heterocycles. The molecule has 1 N–H and O–H groups in total. The molecule has 0 radical (unpaired) electrons. The van der Waals surface area contributed by atoms with E-state index < -0.39 is 0 Å². The van der Waals surface area contributed by atoms with Crippen molar-refractivity contribution in [2.75, 3.05) is 0 Å². The molecular weight excluding hydrogens is 374 g/mol. The minimum Gasteiger partial charge on any atom is -0.311 e. The van der Waals surface area contributed by atoms with Gasteiger partial charge in [-0.05, 0) is 112 Å². The highest BCUT2D eigenvalue weighted by molar-refractivity contribution is 4.94. The molecule has 1 nitrogen and oxygen atoms in total. The molecule has 0 spiro atoms. The van der Waals surface area contributed by atoms with Crippen LogP contribution in [0.3, 0.4) is 0 Å². The molecule has 0 aromatic heterocycles. The van der Waals surface area contributed by atoms with Crippen molar-refractivity contribution in [3.8, 4) is 0 Å². The zero-order chi connectivity index (χ0) is 21.9. The van der Waals surface area contributed by atoms with E-state index in [-0.39, 0.29) is 0 Å². The quantitative estimate of drug-likeness (QED) is 0.444. The van der Waals surface area contributed by atoms with E-state index in [1.165, 1.54) is 116 Å². The Hall–Kier alpha value is -0.0400. The van der Waals surface area contributed by atoms with Crippen LogP contribution in [-0.2, 0) is 0 Å². The number of rotatable bonds is 6. The predicted octanol–water partition coefficient (Wildman–Crippen LogP) is 8.91. The maximum absolute atomic E-state index is 4.16. The number of hydrogen-bond donors (Lipinski definition) is 1. The van der Waals surface area contributed by atoms with Crippen LogP contribution in [0.5, 0.6) is 0 Å². The van der Waals surface area contributed by atoms with Crippen LogP contribution in [0.25, 0.3) is 0 Å². The van der Waals surface area contributed by atoms with Crippen LogP contribution < -0.4 is 5.32 Å². The second-order valence-electron chi connectivity index (χ2n) is 13.6. The zero-order valence-electron chi connectivity index (χ0n) is 21.7. The van der Waals surface area contributed by atoms with Gasteiger partial charge in [-0.2, -0.15) is 0 Å². The van der Waals surface area contributed by atoms with Crippen LogP contribution in [0.15, 0.2) is 0 Å². The van der Waals surface area contributed by atoms with Crippen LogP contribution >= 0.6 is 0 Å². The molecule has 180 valence electrons. The van der Waals surface area contributed by atoms with Crippen molar-refractivity contribution in [1.82, 2.24) is 5.32 Å². The third-order valence-corrected chi connectivity index (χ3v) is 11.3. The summed E-state index contributed by atoms with van der Waals surface area (Å²) in [5.41, 5.74) is 1.16. The Morgan fingerprint density at radius 1 is 0.387 bits per heavy atom. The Bertz CT molecular complexity index is 473. The lowest BCUT2D eigenvalue weighted by atomic mass is 9.60. The van der Waals surface area contributed by atoms with Crippen molar-refractivity contribution in [2.45, 2.75) is 155 Å². The van der Waals surface area contributed by atoms with Gasteiger partial charge in [0.25, 0.3) is 0 Å². The van der Waals surface area contributed by atoms with E-state index in [4.69, 9.17) is 0 Å². The largest absolute Gasteiger partial charge is 0.311 e. The summed E-state index contributed by atoms with van der Waals surface area (Å²) >= 11 is 0. The second-order valence-corrected chi connectivity index (χ2v) is 13.6. The molecule has 0 saturated heterocycles. The average Bonchev–Trinajstić information content (AvgIpc) is 2.81. The standard InChI is InChI=1S/C30H55N/c1-29(2,23-11-7-5-8-12-23)25-15-19-27(20-16-25)31-28-21-17-26(18-22-28)30(3,4)24-13-9-6-10-14-24/h23-28,31H,5-22H2,1-4H3. The van der Waals surface area contributed by atoms with Gasteiger partial charge < -0.3 is 5.32 Å². The molecule has 4 rings (SSSR count). The highest BCUT2D eigenvalue weighted by Gasteiger charge is 2.41. The van der Waals surface area contributed by atoms with E-state index in [1.807, 2.05) is 0 Å². The maximum Gasteiger partial charge on any atom is 0.00698 e. The highest BCUT2D eigenvalue weighted by Crippen LogP contribution is 2.50. The summed E-state index contributed by atoms with van der Waals surface area (Å²) in [5.74, 6) is 3.94. The third-order valence-electron chi connectivity index (χ3n) is 11.3. The van der Waals surface area contributed by atoms with Gasteiger partial charge >= 0.3 is 0 Å². The average molecular weight is 430 g/mol. The van der Waals surface area contributed by atoms with Crippen molar-refractivity contribution in [1.29, 1.82) is 0 Å². The lowest BCUT2D eigenvalue weighted by molar-refractivity contribution is 0.0421. The molecule has 0 bridgehead atoms. The van der Waals surface area contributed by atoms with Crippen molar-refractivity contribution in [2.24, 2.45) is 34.5 Å². The summed E-state index contributed by atoms with van der Waals surface area (Å²) in [6.45, 7) is 10.5. The maximum atomic E-state index is 4.16. The molecule has 1 heteroatoms. The molecule has 4 fully saturated rings. The van der Waals surface area contributed by atoms with Gasteiger partial charge in [-0.3, -0.25) is 0 Å².